The highest BCUT2D eigenvalue weighted by Crippen LogP contribution is 2.43. The predicted octanol–water partition coefficient (Wildman–Crippen LogP) is 1.64. The molecule has 1 radical (unpaired) electrons. The zero-order chi connectivity index (χ0) is 9.12. The van der Waals surface area contributed by atoms with E-state index >= 15 is 0 Å². The van der Waals surface area contributed by atoms with Gasteiger partial charge in [0.2, 0.25) is 0 Å². The molecule has 0 saturated heterocycles. The van der Waals surface area contributed by atoms with E-state index in [1.807, 2.05) is 0 Å². The van der Waals surface area contributed by atoms with Crippen molar-refractivity contribution in [1.29, 1.82) is 0 Å². The summed E-state index contributed by atoms with van der Waals surface area (Å²) in [7, 11) is -1.36. The highest BCUT2D eigenvalue weighted by atomic mass is 31.2. The first-order chi connectivity index (χ1) is 4.77. The minimum Gasteiger partial charge on any atom is -0.301 e. The molecule has 1 unspecified atom stereocenters. The van der Waals surface area contributed by atoms with Crippen molar-refractivity contribution in [3.63, 3.8) is 0 Å². The molecule has 0 aromatic rings. The molecule has 5 nitrogen and oxygen atoms in total. The van der Waals surface area contributed by atoms with Gasteiger partial charge in [-0.2, -0.15) is 0 Å². The summed E-state index contributed by atoms with van der Waals surface area (Å²) in [5.74, 6) is 0. The molecule has 0 aliphatic carbocycles. The van der Waals surface area contributed by atoms with Gasteiger partial charge in [0.15, 0.2) is 0 Å². The molecule has 0 aromatic heterocycles. The predicted molar refractivity (Wildman–Crippen MR) is 38.2 cm³/mol. The Morgan fingerprint density at radius 1 is 1.45 bits per heavy atom. The fourth-order valence-corrected chi connectivity index (χ4v) is 0.541. The molecule has 0 rings (SSSR count). The van der Waals surface area contributed by atoms with E-state index in [1.165, 1.54) is 0 Å². The van der Waals surface area contributed by atoms with Crippen LogP contribution in [-0.4, -0.2) is 10.5 Å². The summed E-state index contributed by atoms with van der Waals surface area (Å²) in [5.41, 5.74) is -0.656. The first-order valence-electron chi connectivity index (χ1n) is 2.91. The third-order valence-electron chi connectivity index (χ3n) is 0.545. The number of rotatable bonds is 3. The number of phosphoric ester groups is 1. The maximum Gasteiger partial charge on any atom is 0.499 e. The smallest absolute Gasteiger partial charge is 0.301 e. The summed E-state index contributed by atoms with van der Waals surface area (Å²) in [4.78, 5) is 13.1. The van der Waals surface area contributed by atoms with Gasteiger partial charge in [-0.1, -0.05) is 0 Å². The fraction of sp³-hybridized carbons (Fsp3) is 0.800. The lowest BCUT2D eigenvalue weighted by atomic mass is 10.2. The van der Waals surface area contributed by atoms with Crippen LogP contribution in [0.1, 0.15) is 20.8 Å². The average molecular weight is 183 g/mol. The Morgan fingerprint density at radius 3 is 2.18 bits per heavy atom. The first kappa shape index (κ1) is 11.1. The molecule has 11 heavy (non-hydrogen) atoms. The lowest BCUT2D eigenvalue weighted by molar-refractivity contribution is -0.286. The summed E-state index contributed by atoms with van der Waals surface area (Å²) < 4.78 is 18.5. The minimum atomic E-state index is -4.10. The van der Waals surface area contributed by atoms with Crippen LogP contribution in [0.15, 0.2) is 0 Å². The van der Waals surface area contributed by atoms with E-state index in [1.54, 1.807) is 20.8 Å². The van der Waals surface area contributed by atoms with E-state index in [9.17, 15) is 4.57 Å². The Labute approximate surface area is 65.8 Å². The highest BCUT2D eigenvalue weighted by Gasteiger charge is 2.24. The summed E-state index contributed by atoms with van der Waals surface area (Å²) in [6, 6.07) is 0. The SMILES string of the molecule is [CH2]OP(=O)(O)OOC(C)(C)C. The Bertz CT molecular complexity index is 161. The molecule has 0 heterocycles. The van der Waals surface area contributed by atoms with Crippen LogP contribution < -0.4 is 0 Å². The molecule has 0 spiro atoms. The van der Waals surface area contributed by atoms with Crippen molar-refractivity contribution in [2.45, 2.75) is 26.4 Å². The molecule has 0 aromatic carbocycles. The normalized spacial score (nSPS) is 17.9. The van der Waals surface area contributed by atoms with Gasteiger partial charge in [0, 0.05) is 0 Å². The third-order valence-corrected chi connectivity index (χ3v) is 1.13. The van der Waals surface area contributed by atoms with Crippen LogP contribution in [0.3, 0.4) is 0 Å². The van der Waals surface area contributed by atoms with E-state index in [0.717, 1.165) is 0 Å². The lowest BCUT2D eigenvalue weighted by Gasteiger charge is -2.18. The zero-order valence-electron chi connectivity index (χ0n) is 6.73. The molecule has 6 heteroatoms. The van der Waals surface area contributed by atoms with Crippen LogP contribution in [0.25, 0.3) is 0 Å². The molecule has 67 valence electrons. The zero-order valence-corrected chi connectivity index (χ0v) is 7.63. The van der Waals surface area contributed by atoms with Gasteiger partial charge in [0.05, 0.1) is 12.7 Å². The number of hydrogen-bond donors (Lipinski definition) is 1. The largest absolute Gasteiger partial charge is 0.499 e. The maximum atomic E-state index is 10.6. The monoisotopic (exact) mass is 183 g/mol. The van der Waals surface area contributed by atoms with Crippen LogP contribution in [0.4, 0.5) is 0 Å². The Hall–Kier alpha value is 0.0700. The van der Waals surface area contributed by atoms with Gasteiger partial charge in [0.25, 0.3) is 0 Å². The second-order valence-corrected chi connectivity index (χ2v) is 4.21. The van der Waals surface area contributed by atoms with Gasteiger partial charge >= 0.3 is 7.82 Å². The molecule has 0 aliphatic rings. The van der Waals surface area contributed by atoms with Crippen LogP contribution in [0, 0.1) is 7.11 Å². The van der Waals surface area contributed by atoms with Crippen molar-refractivity contribution in [1.82, 2.24) is 0 Å². The molecule has 1 atom stereocenters. The molecular formula is C5H12O5P. The first-order valence-corrected chi connectivity index (χ1v) is 4.40. The van der Waals surface area contributed by atoms with Crippen molar-refractivity contribution in [3.8, 4) is 0 Å². The molecule has 0 fully saturated rings. The van der Waals surface area contributed by atoms with E-state index in [-0.39, 0.29) is 0 Å². The Kier molecular flexibility index (Phi) is 3.67. The summed E-state index contributed by atoms with van der Waals surface area (Å²) in [6.07, 6.45) is 0. The highest BCUT2D eigenvalue weighted by molar-refractivity contribution is 7.47. The molecule has 0 aliphatic heterocycles. The Balaban J connectivity index is 3.80. The van der Waals surface area contributed by atoms with Gasteiger partial charge < -0.3 is 4.89 Å². The summed E-state index contributed by atoms with van der Waals surface area (Å²) in [6.45, 7) is 4.99. The standard InChI is InChI=1S/C5H12O5P/c1-5(2,3)9-10-11(6,7)8-4/h4H2,1-3H3,(H,6,7). The second-order valence-electron chi connectivity index (χ2n) is 2.87. The minimum absolute atomic E-state index is 0.656. The summed E-state index contributed by atoms with van der Waals surface area (Å²) in [5, 5.41) is 0. The molecule has 0 amide bonds. The van der Waals surface area contributed by atoms with E-state index in [4.69, 9.17) is 4.89 Å². The molecular weight excluding hydrogens is 171 g/mol. The van der Waals surface area contributed by atoms with Crippen LogP contribution in [0.5, 0.6) is 0 Å². The number of phosphoric acid groups is 1. The van der Waals surface area contributed by atoms with Crippen LogP contribution >= 0.6 is 7.82 Å². The van der Waals surface area contributed by atoms with Gasteiger partial charge in [0.1, 0.15) is 0 Å². The van der Waals surface area contributed by atoms with Gasteiger partial charge in [-0.05, 0) is 20.8 Å². The van der Waals surface area contributed by atoms with Crippen molar-refractivity contribution >= 4 is 7.82 Å². The second kappa shape index (κ2) is 3.65. The third kappa shape index (κ3) is 6.47. The fourth-order valence-electron chi connectivity index (χ4n) is 0.180. The van der Waals surface area contributed by atoms with Crippen molar-refractivity contribution in [3.05, 3.63) is 7.11 Å². The van der Waals surface area contributed by atoms with Crippen LogP contribution in [-0.2, 0) is 18.7 Å². The van der Waals surface area contributed by atoms with E-state index in [2.05, 4.69) is 21.2 Å². The number of hydrogen-bond acceptors (Lipinski definition) is 4. The van der Waals surface area contributed by atoms with Crippen molar-refractivity contribution in [2.75, 3.05) is 0 Å². The van der Waals surface area contributed by atoms with Crippen LogP contribution in [0.2, 0.25) is 0 Å². The molecule has 0 saturated carbocycles. The topological polar surface area (TPSA) is 65.0 Å². The quantitative estimate of drug-likeness (QED) is 0.409. The average Bonchev–Trinajstić information content (AvgIpc) is 1.83. The molecule has 1 N–H and O–H groups in total. The van der Waals surface area contributed by atoms with E-state index in [0.29, 0.717) is 0 Å². The van der Waals surface area contributed by atoms with Crippen molar-refractivity contribution < 1.29 is 23.5 Å². The lowest BCUT2D eigenvalue weighted by Crippen LogP contribution is -2.18. The molecule has 0 bridgehead atoms. The van der Waals surface area contributed by atoms with Gasteiger partial charge in [-0.25, -0.2) is 9.45 Å². The summed E-state index contributed by atoms with van der Waals surface area (Å²) >= 11 is 0. The van der Waals surface area contributed by atoms with E-state index < -0.39 is 13.4 Å². The van der Waals surface area contributed by atoms with Crippen molar-refractivity contribution in [2.24, 2.45) is 0 Å². The van der Waals surface area contributed by atoms with Gasteiger partial charge in [-0.15, -0.1) is 4.67 Å². The maximum absolute atomic E-state index is 10.6. The Morgan fingerprint density at radius 2 is 1.91 bits per heavy atom. The van der Waals surface area contributed by atoms with Gasteiger partial charge in [-0.3, -0.25) is 4.52 Å².